The first kappa shape index (κ1) is 19.3. The fraction of sp³-hybridized carbons (Fsp3) is 0.409. The predicted molar refractivity (Wildman–Crippen MR) is 114 cm³/mol. The van der Waals surface area contributed by atoms with Gasteiger partial charge in [-0.3, -0.25) is 4.99 Å². The first-order valence-corrected chi connectivity index (χ1v) is 10.5. The topological polar surface area (TPSA) is 66.1 Å². The lowest BCUT2D eigenvalue weighted by atomic mass is 9.80. The third kappa shape index (κ3) is 3.64. The summed E-state index contributed by atoms with van der Waals surface area (Å²) in [6.45, 7) is 0.309. The van der Waals surface area contributed by atoms with E-state index in [2.05, 4.69) is 36.4 Å². The van der Waals surface area contributed by atoms with E-state index in [1.54, 1.807) is 26.0 Å². The molecule has 5 nitrogen and oxygen atoms in total. The number of thioether (sulfide) groups is 1. The lowest BCUT2D eigenvalue weighted by molar-refractivity contribution is -0.0708. The van der Waals surface area contributed by atoms with E-state index in [1.165, 1.54) is 5.56 Å². The van der Waals surface area contributed by atoms with Gasteiger partial charge in [0.25, 0.3) is 0 Å². The number of rotatable bonds is 6. The Morgan fingerprint density at radius 1 is 1.14 bits per heavy atom. The molecule has 1 aliphatic carbocycles. The van der Waals surface area contributed by atoms with Crippen LogP contribution in [0.3, 0.4) is 0 Å². The SMILES string of the molecule is COCO[C@@H]1C[C@H]2CSC(N)=N[C@@]2(c2cccc(-c3cccc(OC)c3)c2)C1. The molecule has 0 saturated heterocycles. The van der Waals surface area contributed by atoms with Crippen molar-refractivity contribution >= 4 is 16.9 Å². The number of nitrogens with zero attached hydrogens (tertiary/aromatic N) is 1. The molecule has 1 saturated carbocycles. The van der Waals surface area contributed by atoms with E-state index < -0.39 is 0 Å². The van der Waals surface area contributed by atoms with Gasteiger partial charge in [0.1, 0.15) is 12.5 Å². The normalized spacial score (nSPS) is 26.6. The minimum atomic E-state index is -0.331. The first-order valence-electron chi connectivity index (χ1n) is 9.48. The van der Waals surface area contributed by atoms with E-state index in [9.17, 15) is 0 Å². The molecule has 4 rings (SSSR count). The summed E-state index contributed by atoms with van der Waals surface area (Å²) in [4.78, 5) is 4.98. The Balaban J connectivity index is 1.72. The molecule has 2 aromatic rings. The average Bonchev–Trinajstić information content (AvgIpc) is 3.11. The molecule has 148 valence electrons. The molecule has 2 aliphatic rings. The zero-order valence-electron chi connectivity index (χ0n) is 16.3. The van der Waals surface area contributed by atoms with Crippen molar-refractivity contribution in [3.8, 4) is 16.9 Å². The van der Waals surface area contributed by atoms with E-state index in [0.29, 0.717) is 17.9 Å². The Hall–Kier alpha value is -2.02. The number of nitrogens with two attached hydrogens (primary N) is 1. The zero-order chi connectivity index (χ0) is 19.6. The summed E-state index contributed by atoms with van der Waals surface area (Å²) < 4.78 is 16.4. The van der Waals surface area contributed by atoms with Crippen molar-refractivity contribution in [3.05, 3.63) is 54.1 Å². The van der Waals surface area contributed by atoms with Gasteiger partial charge in [-0.25, -0.2) is 0 Å². The standard InChI is InChI=1S/C22H26N2O3S/c1-25-14-27-20-11-18-13-28-21(23)24-22(18,12-20)17-7-3-5-15(9-17)16-6-4-8-19(10-16)26-2/h3-10,18,20H,11-14H2,1-2H3,(H2,23,24)/t18-,20+,22+/m0/s1. The molecule has 3 atom stereocenters. The fourth-order valence-electron chi connectivity index (χ4n) is 4.35. The first-order chi connectivity index (χ1) is 13.6. The van der Waals surface area contributed by atoms with E-state index in [-0.39, 0.29) is 11.6 Å². The maximum atomic E-state index is 6.18. The summed E-state index contributed by atoms with van der Waals surface area (Å²) in [5, 5.41) is 0.662. The molecule has 1 fully saturated rings. The number of hydrogen-bond acceptors (Lipinski definition) is 6. The highest BCUT2D eigenvalue weighted by molar-refractivity contribution is 8.13. The molecule has 6 heteroatoms. The Morgan fingerprint density at radius 3 is 2.71 bits per heavy atom. The van der Waals surface area contributed by atoms with Crippen molar-refractivity contribution in [1.82, 2.24) is 0 Å². The Morgan fingerprint density at radius 2 is 1.93 bits per heavy atom. The van der Waals surface area contributed by atoms with E-state index in [0.717, 1.165) is 35.5 Å². The molecule has 2 N–H and O–H groups in total. The summed E-state index contributed by atoms with van der Waals surface area (Å²) in [5.41, 5.74) is 9.32. The van der Waals surface area contributed by atoms with Crippen LogP contribution in [0.4, 0.5) is 0 Å². The maximum Gasteiger partial charge on any atom is 0.154 e. The van der Waals surface area contributed by atoms with Gasteiger partial charge in [-0.15, -0.1) is 0 Å². The van der Waals surface area contributed by atoms with Crippen molar-refractivity contribution in [1.29, 1.82) is 0 Å². The van der Waals surface area contributed by atoms with Gasteiger partial charge in [0.05, 0.1) is 18.8 Å². The third-order valence-corrected chi connectivity index (χ3v) is 6.65. The number of methoxy groups -OCH3 is 2. The Bertz CT molecular complexity index is 872. The van der Waals surface area contributed by atoms with Crippen LogP contribution < -0.4 is 10.5 Å². The average molecular weight is 399 g/mol. The van der Waals surface area contributed by atoms with Crippen LogP contribution in [0, 0.1) is 5.92 Å². The molecule has 0 unspecified atom stereocenters. The fourth-order valence-corrected chi connectivity index (χ4v) is 5.36. The molecule has 28 heavy (non-hydrogen) atoms. The van der Waals surface area contributed by atoms with Gasteiger partial charge < -0.3 is 19.9 Å². The molecule has 0 amide bonds. The molecule has 0 bridgehead atoms. The molecule has 1 aliphatic heterocycles. The number of benzene rings is 2. The van der Waals surface area contributed by atoms with Crippen molar-refractivity contribution < 1.29 is 14.2 Å². The van der Waals surface area contributed by atoms with Crippen molar-refractivity contribution in [2.24, 2.45) is 16.6 Å². The van der Waals surface area contributed by atoms with Crippen LogP contribution in [0.2, 0.25) is 0 Å². The minimum Gasteiger partial charge on any atom is -0.497 e. The maximum absolute atomic E-state index is 6.18. The van der Waals surface area contributed by atoms with Gasteiger partial charge in [0.15, 0.2) is 5.17 Å². The summed E-state index contributed by atoms with van der Waals surface area (Å²) in [7, 11) is 3.34. The van der Waals surface area contributed by atoms with Crippen LogP contribution in [0.15, 0.2) is 53.5 Å². The highest BCUT2D eigenvalue weighted by Crippen LogP contribution is 2.52. The number of ether oxygens (including phenoxy) is 3. The molecule has 2 aromatic carbocycles. The van der Waals surface area contributed by atoms with Gasteiger partial charge in [-0.05, 0) is 41.3 Å². The molecular formula is C22H26N2O3S. The van der Waals surface area contributed by atoms with Crippen molar-refractivity contribution in [3.63, 3.8) is 0 Å². The second-order valence-corrected chi connectivity index (χ2v) is 8.37. The molecular weight excluding hydrogens is 372 g/mol. The van der Waals surface area contributed by atoms with Crippen LogP contribution in [0.25, 0.3) is 11.1 Å². The van der Waals surface area contributed by atoms with Gasteiger partial charge in [0, 0.05) is 25.2 Å². The molecule has 1 heterocycles. The number of hydrogen-bond donors (Lipinski definition) is 1. The monoisotopic (exact) mass is 398 g/mol. The lowest BCUT2D eigenvalue weighted by Crippen LogP contribution is -2.36. The van der Waals surface area contributed by atoms with Gasteiger partial charge in [-0.1, -0.05) is 42.1 Å². The second kappa shape index (κ2) is 8.15. The third-order valence-electron chi connectivity index (χ3n) is 5.69. The minimum absolute atomic E-state index is 0.126. The van der Waals surface area contributed by atoms with Gasteiger partial charge in [0.2, 0.25) is 0 Å². The summed E-state index contributed by atoms with van der Waals surface area (Å²) in [6, 6.07) is 16.8. The van der Waals surface area contributed by atoms with Crippen LogP contribution in [0.1, 0.15) is 18.4 Å². The van der Waals surface area contributed by atoms with E-state index in [4.69, 9.17) is 24.9 Å². The quantitative estimate of drug-likeness (QED) is 0.745. The number of amidine groups is 1. The molecule has 0 aromatic heterocycles. The summed E-state index contributed by atoms with van der Waals surface area (Å²) in [5.74, 6) is 2.21. The largest absolute Gasteiger partial charge is 0.497 e. The molecule has 0 radical (unpaired) electrons. The van der Waals surface area contributed by atoms with Crippen molar-refractivity contribution in [2.75, 3.05) is 26.8 Å². The van der Waals surface area contributed by atoms with Crippen LogP contribution in [-0.2, 0) is 15.0 Å². The lowest BCUT2D eigenvalue weighted by Gasteiger charge is -2.36. The number of aliphatic imine (C=N–C) groups is 1. The second-order valence-electron chi connectivity index (χ2n) is 7.33. The van der Waals surface area contributed by atoms with Crippen LogP contribution >= 0.6 is 11.8 Å². The van der Waals surface area contributed by atoms with Crippen LogP contribution in [-0.4, -0.2) is 38.0 Å². The summed E-state index contributed by atoms with van der Waals surface area (Å²) in [6.07, 6.45) is 1.92. The Kier molecular flexibility index (Phi) is 5.62. The van der Waals surface area contributed by atoms with Crippen molar-refractivity contribution in [2.45, 2.75) is 24.5 Å². The van der Waals surface area contributed by atoms with Crippen LogP contribution in [0.5, 0.6) is 5.75 Å². The van der Waals surface area contributed by atoms with E-state index in [1.807, 2.05) is 12.1 Å². The Labute approximate surface area is 170 Å². The smallest absolute Gasteiger partial charge is 0.154 e. The zero-order valence-corrected chi connectivity index (χ0v) is 17.1. The highest BCUT2D eigenvalue weighted by atomic mass is 32.2. The van der Waals surface area contributed by atoms with E-state index >= 15 is 0 Å². The number of fused-ring (bicyclic) bond motifs is 1. The highest BCUT2D eigenvalue weighted by Gasteiger charge is 2.51. The van der Waals surface area contributed by atoms with Gasteiger partial charge in [-0.2, -0.15) is 0 Å². The van der Waals surface area contributed by atoms with Gasteiger partial charge >= 0.3 is 0 Å². The molecule has 0 spiro atoms. The predicted octanol–water partition coefficient (Wildman–Crippen LogP) is 4.02. The summed E-state index contributed by atoms with van der Waals surface area (Å²) >= 11 is 1.64.